The van der Waals surface area contributed by atoms with E-state index in [4.69, 9.17) is 11.6 Å². The monoisotopic (exact) mass is 237 g/mol. The van der Waals surface area contributed by atoms with Crippen LogP contribution in [0, 0.1) is 5.92 Å². The Bertz CT molecular complexity index is 354. The topological polar surface area (TPSA) is 12.0 Å². The van der Waals surface area contributed by atoms with Crippen molar-refractivity contribution in [3.8, 4) is 0 Å². The zero-order valence-electron chi connectivity index (χ0n) is 10.1. The van der Waals surface area contributed by atoms with Crippen molar-refractivity contribution in [1.29, 1.82) is 0 Å². The lowest BCUT2D eigenvalue weighted by Gasteiger charge is -2.34. The summed E-state index contributed by atoms with van der Waals surface area (Å²) in [5.41, 5.74) is 1.53. The van der Waals surface area contributed by atoms with Crippen LogP contribution in [0.1, 0.15) is 32.3 Å². The van der Waals surface area contributed by atoms with Crippen LogP contribution in [0.3, 0.4) is 0 Å². The van der Waals surface area contributed by atoms with Crippen LogP contribution in [-0.2, 0) is 6.42 Å². The maximum Gasteiger partial charge on any atom is 0.0438 e. The van der Waals surface area contributed by atoms with Crippen molar-refractivity contribution in [2.45, 2.75) is 38.6 Å². The van der Waals surface area contributed by atoms with Gasteiger partial charge in [0.25, 0.3) is 0 Å². The van der Waals surface area contributed by atoms with Crippen molar-refractivity contribution in [3.63, 3.8) is 0 Å². The van der Waals surface area contributed by atoms with Crippen molar-refractivity contribution in [2.75, 3.05) is 6.54 Å². The van der Waals surface area contributed by atoms with Crippen LogP contribution in [0.4, 0.5) is 0 Å². The van der Waals surface area contributed by atoms with Crippen molar-refractivity contribution >= 4 is 11.6 Å². The quantitative estimate of drug-likeness (QED) is 0.846. The van der Waals surface area contributed by atoms with E-state index in [0.717, 1.165) is 18.0 Å². The highest BCUT2D eigenvalue weighted by Crippen LogP contribution is 2.33. The van der Waals surface area contributed by atoms with Crippen LogP contribution >= 0.6 is 11.6 Å². The Morgan fingerprint density at radius 3 is 2.69 bits per heavy atom. The number of nitrogens with one attached hydrogen (secondary N) is 1. The van der Waals surface area contributed by atoms with E-state index in [1.165, 1.54) is 18.4 Å². The van der Waals surface area contributed by atoms with Crippen LogP contribution in [0.25, 0.3) is 0 Å². The SMILES string of the molecule is CC(C)C1(Cc2ccccc2Cl)CCCN1. The summed E-state index contributed by atoms with van der Waals surface area (Å²) >= 11 is 6.24. The molecule has 0 amide bonds. The van der Waals surface area contributed by atoms with Gasteiger partial charge < -0.3 is 5.32 Å². The van der Waals surface area contributed by atoms with Crippen molar-refractivity contribution < 1.29 is 0 Å². The molecule has 88 valence electrons. The minimum Gasteiger partial charge on any atom is -0.311 e. The Hall–Kier alpha value is -0.530. The number of benzene rings is 1. The van der Waals surface area contributed by atoms with Crippen molar-refractivity contribution in [2.24, 2.45) is 5.92 Å². The molecule has 1 nitrogen and oxygen atoms in total. The van der Waals surface area contributed by atoms with Gasteiger partial charge in [0.1, 0.15) is 0 Å². The number of rotatable bonds is 3. The molecule has 0 aromatic heterocycles. The van der Waals surface area contributed by atoms with Gasteiger partial charge in [0.15, 0.2) is 0 Å². The van der Waals surface area contributed by atoms with Gasteiger partial charge in [0.2, 0.25) is 0 Å². The molecule has 0 spiro atoms. The summed E-state index contributed by atoms with van der Waals surface area (Å²) in [6.45, 7) is 5.74. The van der Waals surface area contributed by atoms with Crippen LogP contribution in [-0.4, -0.2) is 12.1 Å². The highest BCUT2D eigenvalue weighted by molar-refractivity contribution is 6.31. The number of hydrogen-bond donors (Lipinski definition) is 1. The fraction of sp³-hybridized carbons (Fsp3) is 0.571. The van der Waals surface area contributed by atoms with Gasteiger partial charge in [0.05, 0.1) is 0 Å². The zero-order chi connectivity index (χ0) is 11.6. The Morgan fingerprint density at radius 1 is 1.38 bits per heavy atom. The summed E-state index contributed by atoms with van der Waals surface area (Å²) in [4.78, 5) is 0. The van der Waals surface area contributed by atoms with E-state index in [1.54, 1.807) is 0 Å². The Labute approximate surface area is 103 Å². The molecule has 1 fully saturated rings. The van der Waals surface area contributed by atoms with Gasteiger partial charge in [-0.15, -0.1) is 0 Å². The van der Waals surface area contributed by atoms with Gasteiger partial charge in [-0.3, -0.25) is 0 Å². The summed E-state index contributed by atoms with van der Waals surface area (Å²) in [6, 6.07) is 8.20. The molecule has 1 saturated heterocycles. The first-order chi connectivity index (χ1) is 7.64. The van der Waals surface area contributed by atoms with E-state index in [2.05, 4.69) is 31.3 Å². The van der Waals surface area contributed by atoms with E-state index in [9.17, 15) is 0 Å². The minimum absolute atomic E-state index is 0.255. The summed E-state index contributed by atoms with van der Waals surface area (Å²) in [5, 5.41) is 4.59. The molecule has 0 aliphatic carbocycles. The van der Waals surface area contributed by atoms with Crippen LogP contribution in [0.15, 0.2) is 24.3 Å². The van der Waals surface area contributed by atoms with Crippen LogP contribution in [0.5, 0.6) is 0 Å². The summed E-state index contributed by atoms with van der Waals surface area (Å²) in [7, 11) is 0. The molecule has 1 aromatic carbocycles. The van der Waals surface area contributed by atoms with Crippen molar-refractivity contribution in [1.82, 2.24) is 5.32 Å². The minimum atomic E-state index is 0.255. The van der Waals surface area contributed by atoms with Gasteiger partial charge in [-0.2, -0.15) is 0 Å². The Kier molecular flexibility index (Phi) is 3.56. The lowest BCUT2D eigenvalue weighted by atomic mass is 9.80. The van der Waals surface area contributed by atoms with Gasteiger partial charge in [-0.25, -0.2) is 0 Å². The first-order valence-corrected chi connectivity index (χ1v) is 6.50. The van der Waals surface area contributed by atoms with Gasteiger partial charge in [-0.1, -0.05) is 43.6 Å². The first kappa shape index (κ1) is 11.9. The Balaban J connectivity index is 2.21. The number of hydrogen-bond acceptors (Lipinski definition) is 1. The molecular formula is C14H20ClN. The van der Waals surface area contributed by atoms with Gasteiger partial charge >= 0.3 is 0 Å². The second-order valence-electron chi connectivity index (χ2n) is 5.11. The van der Waals surface area contributed by atoms with Gasteiger partial charge in [-0.05, 0) is 43.4 Å². The largest absolute Gasteiger partial charge is 0.311 e. The third-order valence-corrected chi connectivity index (χ3v) is 4.21. The molecule has 0 saturated carbocycles. The molecule has 0 radical (unpaired) electrons. The van der Waals surface area contributed by atoms with Crippen molar-refractivity contribution in [3.05, 3.63) is 34.9 Å². The van der Waals surface area contributed by atoms with E-state index >= 15 is 0 Å². The summed E-state index contributed by atoms with van der Waals surface area (Å²) < 4.78 is 0. The molecule has 1 aromatic rings. The highest BCUT2D eigenvalue weighted by Gasteiger charge is 2.36. The maximum absolute atomic E-state index is 6.24. The first-order valence-electron chi connectivity index (χ1n) is 6.12. The maximum atomic E-state index is 6.24. The predicted octanol–water partition coefficient (Wildman–Crippen LogP) is 3.66. The van der Waals surface area contributed by atoms with Crippen LogP contribution < -0.4 is 5.32 Å². The normalized spacial score (nSPS) is 25.2. The lowest BCUT2D eigenvalue weighted by Crippen LogP contribution is -2.46. The average molecular weight is 238 g/mol. The molecule has 1 aliphatic heterocycles. The van der Waals surface area contributed by atoms with E-state index in [0.29, 0.717) is 5.92 Å². The molecular weight excluding hydrogens is 218 g/mol. The molecule has 1 heterocycles. The number of halogens is 1. The molecule has 0 bridgehead atoms. The summed E-state index contributed by atoms with van der Waals surface area (Å²) in [6.07, 6.45) is 3.59. The zero-order valence-corrected chi connectivity index (χ0v) is 10.8. The second-order valence-corrected chi connectivity index (χ2v) is 5.52. The highest BCUT2D eigenvalue weighted by atomic mass is 35.5. The van der Waals surface area contributed by atoms with Crippen LogP contribution in [0.2, 0.25) is 5.02 Å². The molecule has 1 N–H and O–H groups in total. The third-order valence-electron chi connectivity index (χ3n) is 3.85. The second kappa shape index (κ2) is 4.77. The molecule has 2 rings (SSSR count). The lowest BCUT2D eigenvalue weighted by molar-refractivity contribution is 0.269. The molecule has 1 aliphatic rings. The Morgan fingerprint density at radius 2 is 2.12 bits per heavy atom. The molecule has 1 atom stereocenters. The molecule has 1 unspecified atom stereocenters. The third kappa shape index (κ3) is 2.26. The molecule has 16 heavy (non-hydrogen) atoms. The predicted molar refractivity (Wildman–Crippen MR) is 70.0 cm³/mol. The fourth-order valence-electron chi connectivity index (χ4n) is 2.66. The fourth-order valence-corrected chi connectivity index (χ4v) is 2.86. The van der Waals surface area contributed by atoms with E-state index < -0.39 is 0 Å². The molecule has 2 heteroatoms. The standard InChI is InChI=1S/C14H20ClN/c1-11(2)14(8-5-9-16-14)10-12-6-3-4-7-13(12)15/h3-4,6-7,11,16H,5,8-10H2,1-2H3. The average Bonchev–Trinajstić information content (AvgIpc) is 2.71. The summed E-state index contributed by atoms with van der Waals surface area (Å²) in [5.74, 6) is 0.645. The van der Waals surface area contributed by atoms with E-state index in [-0.39, 0.29) is 5.54 Å². The smallest absolute Gasteiger partial charge is 0.0438 e. The van der Waals surface area contributed by atoms with E-state index in [1.807, 2.05) is 12.1 Å². The van der Waals surface area contributed by atoms with Gasteiger partial charge in [0, 0.05) is 10.6 Å².